The highest BCUT2D eigenvalue weighted by molar-refractivity contribution is 5.97. The zero-order valence-corrected chi connectivity index (χ0v) is 52.5. The molecule has 3 rings (SSSR count). The number of nitrogens with one attached hydrogen (secondary N) is 6. The van der Waals surface area contributed by atoms with Crippen molar-refractivity contribution in [3.05, 3.63) is 83.7 Å². The van der Waals surface area contributed by atoms with Crippen molar-refractivity contribution >= 4 is 65.1 Å². The predicted molar refractivity (Wildman–Crippen MR) is 324 cm³/mol. The van der Waals surface area contributed by atoms with Crippen LogP contribution in [0.15, 0.2) is 60.8 Å². The van der Waals surface area contributed by atoms with Gasteiger partial charge in [0.25, 0.3) is 0 Å². The summed E-state index contributed by atoms with van der Waals surface area (Å²) >= 11 is 0. The van der Waals surface area contributed by atoms with Gasteiger partial charge in [-0.05, 0) is 61.9 Å². The van der Waals surface area contributed by atoms with E-state index in [0.29, 0.717) is 45.1 Å². The Morgan fingerprint density at radius 1 is 0.670 bits per heavy atom. The monoisotopic (exact) mass is 1290 g/mol. The highest BCUT2D eigenvalue weighted by Gasteiger charge is 2.39. The van der Waals surface area contributed by atoms with E-state index in [-0.39, 0.29) is 56.4 Å². The summed E-state index contributed by atoms with van der Waals surface area (Å²) in [5, 5.41) is 43.9. The van der Waals surface area contributed by atoms with E-state index in [2.05, 4.69) is 31.9 Å². The van der Waals surface area contributed by atoms with Gasteiger partial charge < -0.3 is 86.3 Å². The Bertz CT molecular complexity index is 2910. The maximum atomic E-state index is 15.5. The Balaban J connectivity index is 1.81. The number of benzene rings is 2. The number of aliphatic hydroxyl groups excluding tert-OH is 1. The lowest BCUT2D eigenvalue weighted by molar-refractivity contribution is -0.143. The molecular weight excluding hydrogens is 1200 g/mol. The standard InChI is InChI=1S/C61H88F2N10O18/c1-8-50(76)65-22-25-89-27-29-91-31-30-90-28-26-88-24-20-52(78)67-38(2)59(85)71(7)39(3)56(82)70-47(34-49(64)75)58(84)69-45(57(83)66-21-18-51(77)68-46(60(86)87)16-17-54(80)81)19-23-73(53(79)37-74)55(61(4,5)6)48-32-41(43-33-42(62)14-15-44(43)63)36-72(48)35-40-12-10-9-11-13-40/h9-15,32-33,36,38-39,45-47,55,74H,8,16-31,34-35,37H2,1-7H3,(H2,64,75)(H,65,76)(H,66,83)(H,67,78)(H,68,77)(H,69,84)(H,70,82)(H,80,81)(H,86,87)/t38-,39-,45-,46+,47-,55-/m0/s1. The second-order valence-electron chi connectivity index (χ2n) is 22.2. The van der Waals surface area contributed by atoms with Crippen LogP contribution >= 0.6 is 0 Å². The molecule has 504 valence electrons. The minimum atomic E-state index is -1.82. The van der Waals surface area contributed by atoms with Gasteiger partial charge in [-0.1, -0.05) is 58.0 Å². The third kappa shape index (κ3) is 27.7. The van der Waals surface area contributed by atoms with E-state index in [1.54, 1.807) is 62.7 Å². The molecule has 0 radical (unpaired) electrons. The predicted octanol–water partition coefficient (Wildman–Crippen LogP) is 0.900. The van der Waals surface area contributed by atoms with Gasteiger partial charge in [-0.3, -0.25) is 47.9 Å². The van der Waals surface area contributed by atoms with E-state index >= 15 is 4.39 Å². The number of carbonyl (C=O) groups is 11. The first kappa shape index (κ1) is 76.8. The van der Waals surface area contributed by atoms with Crippen molar-refractivity contribution in [3.63, 3.8) is 0 Å². The normalized spacial score (nSPS) is 13.3. The molecule has 9 amide bonds. The number of nitrogens with two attached hydrogens (primary N) is 1. The molecule has 91 heavy (non-hydrogen) atoms. The number of halogens is 2. The molecule has 28 nitrogen and oxygen atoms in total. The molecule has 0 aliphatic carbocycles. The quantitative estimate of drug-likeness (QED) is 0.0352. The van der Waals surface area contributed by atoms with Gasteiger partial charge in [-0.2, -0.15) is 0 Å². The summed E-state index contributed by atoms with van der Waals surface area (Å²) in [7, 11) is 1.25. The van der Waals surface area contributed by atoms with Gasteiger partial charge in [0, 0.05) is 81.9 Å². The topological polar surface area (TPSA) is 395 Å². The molecule has 0 spiro atoms. The number of carbonyl (C=O) groups excluding carboxylic acids is 9. The lowest BCUT2D eigenvalue weighted by atomic mass is 9.82. The number of aliphatic carboxylic acids is 2. The second kappa shape index (κ2) is 39.6. The molecule has 0 fully saturated rings. The van der Waals surface area contributed by atoms with Crippen LogP contribution in [0, 0.1) is 17.0 Å². The molecule has 0 saturated heterocycles. The fourth-order valence-corrected chi connectivity index (χ4v) is 9.19. The Morgan fingerprint density at radius 2 is 1.27 bits per heavy atom. The molecule has 0 saturated carbocycles. The van der Waals surface area contributed by atoms with Gasteiger partial charge in [0.05, 0.1) is 65.3 Å². The third-order valence-electron chi connectivity index (χ3n) is 14.0. The molecule has 0 aliphatic heterocycles. The number of carboxylic acids is 2. The van der Waals surface area contributed by atoms with E-state index in [4.69, 9.17) is 29.8 Å². The zero-order valence-electron chi connectivity index (χ0n) is 52.5. The summed E-state index contributed by atoms with van der Waals surface area (Å²) in [6.07, 6.45) is -1.11. The number of carboxylic acid groups (broad SMARTS) is 2. The van der Waals surface area contributed by atoms with E-state index < -0.39 is 164 Å². The van der Waals surface area contributed by atoms with Gasteiger partial charge >= 0.3 is 11.9 Å². The summed E-state index contributed by atoms with van der Waals surface area (Å²) < 4.78 is 53.6. The number of aromatic nitrogens is 1. The molecule has 2 aromatic carbocycles. The van der Waals surface area contributed by atoms with E-state index in [1.165, 1.54) is 25.8 Å². The number of amides is 9. The van der Waals surface area contributed by atoms with Crippen LogP contribution in [-0.4, -0.2) is 211 Å². The number of rotatable bonds is 43. The van der Waals surface area contributed by atoms with Crippen molar-refractivity contribution in [1.82, 2.24) is 46.3 Å². The number of likely N-dealkylation sites (N-methyl/N-ethyl adjacent to an activating group) is 1. The van der Waals surface area contributed by atoms with Gasteiger partial charge in [-0.25, -0.2) is 13.6 Å². The number of primary amides is 1. The summed E-state index contributed by atoms with van der Waals surface area (Å²) in [5.74, 6) is -11.7. The number of hydrogen-bond donors (Lipinski definition) is 10. The molecule has 11 N–H and O–H groups in total. The average molecular weight is 1290 g/mol. The van der Waals surface area contributed by atoms with Gasteiger partial charge in [0.2, 0.25) is 53.2 Å². The highest BCUT2D eigenvalue weighted by atomic mass is 19.1. The molecule has 1 heterocycles. The Morgan fingerprint density at radius 3 is 1.86 bits per heavy atom. The van der Waals surface area contributed by atoms with Crippen LogP contribution in [0.2, 0.25) is 0 Å². The van der Waals surface area contributed by atoms with Crippen LogP contribution in [0.5, 0.6) is 0 Å². The minimum absolute atomic E-state index is 0.0173. The van der Waals surface area contributed by atoms with Crippen LogP contribution < -0.4 is 37.6 Å². The second-order valence-corrected chi connectivity index (χ2v) is 22.2. The van der Waals surface area contributed by atoms with Crippen molar-refractivity contribution in [2.24, 2.45) is 11.1 Å². The number of aliphatic hydroxyl groups is 1. The van der Waals surface area contributed by atoms with Gasteiger partial charge in [-0.15, -0.1) is 0 Å². The van der Waals surface area contributed by atoms with Crippen LogP contribution in [0.4, 0.5) is 8.78 Å². The first-order valence-electron chi connectivity index (χ1n) is 29.7. The molecule has 3 aromatic rings. The molecule has 6 atom stereocenters. The lowest BCUT2D eigenvalue weighted by Gasteiger charge is -2.41. The van der Waals surface area contributed by atoms with E-state index in [9.17, 15) is 67.3 Å². The van der Waals surface area contributed by atoms with E-state index in [0.717, 1.165) is 28.7 Å². The van der Waals surface area contributed by atoms with Crippen LogP contribution in [0.3, 0.4) is 0 Å². The van der Waals surface area contributed by atoms with Gasteiger partial charge in [0.15, 0.2) is 0 Å². The number of nitrogens with zero attached hydrogens (tertiary/aromatic N) is 3. The molecule has 0 aliphatic rings. The Kier molecular flexibility index (Phi) is 33.4. The molecule has 0 bridgehead atoms. The minimum Gasteiger partial charge on any atom is -0.481 e. The maximum absolute atomic E-state index is 15.5. The van der Waals surface area contributed by atoms with Gasteiger partial charge in [0.1, 0.15) is 48.5 Å². The maximum Gasteiger partial charge on any atom is 0.326 e. The summed E-state index contributed by atoms with van der Waals surface area (Å²) in [6, 6.07) is 4.84. The zero-order chi connectivity index (χ0) is 67.8. The van der Waals surface area contributed by atoms with Crippen LogP contribution in [-0.2, 0) is 78.2 Å². The fourth-order valence-electron chi connectivity index (χ4n) is 9.19. The van der Waals surface area contributed by atoms with Crippen molar-refractivity contribution in [2.75, 3.05) is 86.1 Å². The largest absolute Gasteiger partial charge is 0.481 e. The Labute approximate surface area is 526 Å². The van der Waals surface area contributed by atoms with Crippen molar-refractivity contribution in [2.45, 2.75) is 129 Å². The summed E-state index contributed by atoms with van der Waals surface area (Å²) in [4.78, 5) is 145. The van der Waals surface area contributed by atoms with Crippen molar-refractivity contribution in [3.8, 4) is 11.1 Å². The highest BCUT2D eigenvalue weighted by Crippen LogP contribution is 2.41. The smallest absolute Gasteiger partial charge is 0.326 e. The molecular formula is C61H88F2N10O18. The number of ether oxygens (including phenoxy) is 4. The SMILES string of the molecule is CCC(=O)NCCOCCOCCOCCOCCC(=O)N[C@@H](C)C(=O)N(C)[C@@H](C)C(=O)N[C@@H](CC(N)=O)C(=O)N[C@@H](CCN(C(=O)CO)[C@@H](c1cc(-c2cc(F)ccc2F)cn1Cc1ccccc1)C(C)(C)C)C(=O)NCCC(=O)N[C@H](CCC(=O)O)C(=O)O. The Hall–Kier alpha value is -8.45. The molecule has 0 unspecified atom stereocenters. The third-order valence-corrected chi connectivity index (χ3v) is 14.0. The molecule has 1 aromatic heterocycles. The summed E-state index contributed by atoms with van der Waals surface area (Å²) in [6.45, 7) is 10.3. The van der Waals surface area contributed by atoms with Crippen LogP contribution in [0.1, 0.15) is 104 Å². The summed E-state index contributed by atoms with van der Waals surface area (Å²) in [5.41, 5.74) is 5.89. The number of hydrogen-bond acceptors (Lipinski definition) is 16. The van der Waals surface area contributed by atoms with E-state index in [1.807, 2.05) is 12.1 Å². The van der Waals surface area contributed by atoms with Crippen molar-refractivity contribution < 1.29 is 95.8 Å². The fraction of sp³-hybridized carbons (Fsp3) is 0.557. The first-order chi connectivity index (χ1) is 43.1. The molecule has 30 heteroatoms. The van der Waals surface area contributed by atoms with Crippen molar-refractivity contribution in [1.29, 1.82) is 0 Å². The average Bonchev–Trinajstić information content (AvgIpc) is 1.70. The lowest BCUT2D eigenvalue weighted by Crippen LogP contribution is -2.58. The van der Waals surface area contributed by atoms with Crippen LogP contribution in [0.25, 0.3) is 11.1 Å². The first-order valence-corrected chi connectivity index (χ1v) is 29.7.